The standard InChI is InChI=1S/C16H23N/c1-2-6-13(5-1)9-10-17-12-15-11-14-7-3-4-8-16(14)15/h3-4,7-8,13,15,17H,1-2,5-6,9-12H2. The Morgan fingerprint density at radius 3 is 2.76 bits per heavy atom. The highest BCUT2D eigenvalue weighted by molar-refractivity contribution is 5.40. The lowest BCUT2D eigenvalue weighted by Crippen LogP contribution is -2.30. The van der Waals surface area contributed by atoms with Crippen molar-refractivity contribution in [2.75, 3.05) is 13.1 Å². The predicted octanol–water partition coefficient (Wildman–Crippen LogP) is 3.50. The zero-order chi connectivity index (χ0) is 11.5. The van der Waals surface area contributed by atoms with Gasteiger partial charge in [-0.15, -0.1) is 0 Å². The van der Waals surface area contributed by atoms with E-state index in [-0.39, 0.29) is 0 Å². The molecular formula is C16H23N. The van der Waals surface area contributed by atoms with Gasteiger partial charge in [0.1, 0.15) is 0 Å². The van der Waals surface area contributed by atoms with Gasteiger partial charge in [-0.1, -0.05) is 49.9 Å². The van der Waals surface area contributed by atoms with Crippen LogP contribution in [0.4, 0.5) is 0 Å². The van der Waals surface area contributed by atoms with E-state index in [1.807, 2.05) is 0 Å². The van der Waals surface area contributed by atoms with Crippen LogP contribution in [0.25, 0.3) is 0 Å². The maximum atomic E-state index is 3.66. The minimum atomic E-state index is 0.787. The molecule has 0 spiro atoms. The zero-order valence-corrected chi connectivity index (χ0v) is 10.6. The number of rotatable bonds is 5. The Morgan fingerprint density at radius 1 is 1.12 bits per heavy atom. The van der Waals surface area contributed by atoms with Crippen molar-refractivity contribution in [2.24, 2.45) is 5.92 Å². The monoisotopic (exact) mass is 229 g/mol. The summed E-state index contributed by atoms with van der Waals surface area (Å²) < 4.78 is 0. The molecule has 1 nitrogen and oxygen atoms in total. The van der Waals surface area contributed by atoms with E-state index in [2.05, 4.69) is 29.6 Å². The van der Waals surface area contributed by atoms with Crippen molar-refractivity contribution in [2.45, 2.75) is 44.4 Å². The molecule has 0 saturated heterocycles. The maximum Gasteiger partial charge on any atom is 0.00234 e. The molecule has 92 valence electrons. The van der Waals surface area contributed by atoms with Crippen molar-refractivity contribution in [3.05, 3.63) is 35.4 Å². The van der Waals surface area contributed by atoms with E-state index in [0.29, 0.717) is 0 Å². The van der Waals surface area contributed by atoms with Gasteiger partial charge >= 0.3 is 0 Å². The van der Waals surface area contributed by atoms with Crippen LogP contribution in [0.3, 0.4) is 0 Å². The molecule has 2 aliphatic carbocycles. The lowest BCUT2D eigenvalue weighted by molar-refractivity contribution is 0.457. The number of hydrogen-bond acceptors (Lipinski definition) is 1. The average molecular weight is 229 g/mol. The quantitative estimate of drug-likeness (QED) is 0.762. The summed E-state index contributed by atoms with van der Waals surface area (Å²) in [5.41, 5.74) is 3.15. The molecule has 0 bridgehead atoms. The molecule has 0 amide bonds. The molecule has 1 heteroatoms. The predicted molar refractivity (Wildman–Crippen MR) is 72.3 cm³/mol. The second-order valence-corrected chi connectivity index (χ2v) is 5.74. The smallest absolute Gasteiger partial charge is 0.00234 e. The molecule has 17 heavy (non-hydrogen) atoms. The minimum absolute atomic E-state index is 0.787. The van der Waals surface area contributed by atoms with Gasteiger partial charge in [-0.3, -0.25) is 0 Å². The largest absolute Gasteiger partial charge is 0.316 e. The van der Waals surface area contributed by atoms with Crippen molar-refractivity contribution in [3.63, 3.8) is 0 Å². The van der Waals surface area contributed by atoms with E-state index >= 15 is 0 Å². The second-order valence-electron chi connectivity index (χ2n) is 5.74. The molecule has 1 aromatic rings. The molecule has 0 heterocycles. The summed E-state index contributed by atoms with van der Waals surface area (Å²) in [6.45, 7) is 2.41. The molecule has 0 radical (unpaired) electrons. The van der Waals surface area contributed by atoms with E-state index in [9.17, 15) is 0 Å². The molecule has 1 atom stereocenters. The molecule has 1 fully saturated rings. The molecule has 3 rings (SSSR count). The lowest BCUT2D eigenvalue weighted by Gasteiger charge is -2.30. The first-order valence-electron chi connectivity index (χ1n) is 7.22. The number of hydrogen-bond donors (Lipinski definition) is 1. The van der Waals surface area contributed by atoms with Crippen molar-refractivity contribution >= 4 is 0 Å². The van der Waals surface area contributed by atoms with Gasteiger partial charge in [0.15, 0.2) is 0 Å². The van der Waals surface area contributed by atoms with Crippen LogP contribution in [-0.2, 0) is 6.42 Å². The van der Waals surface area contributed by atoms with Crippen LogP contribution >= 0.6 is 0 Å². The van der Waals surface area contributed by atoms with Crippen molar-refractivity contribution in [1.82, 2.24) is 5.32 Å². The molecule has 1 unspecified atom stereocenters. The van der Waals surface area contributed by atoms with Gasteiger partial charge in [-0.05, 0) is 36.4 Å². The highest BCUT2D eigenvalue weighted by Crippen LogP contribution is 2.34. The summed E-state index contributed by atoms with van der Waals surface area (Å²) in [7, 11) is 0. The molecule has 0 aromatic heterocycles. The van der Waals surface area contributed by atoms with Crippen LogP contribution in [0.1, 0.15) is 49.1 Å². The highest BCUT2D eigenvalue weighted by atomic mass is 14.9. The summed E-state index contributed by atoms with van der Waals surface area (Å²) in [5, 5.41) is 3.66. The number of nitrogens with one attached hydrogen (secondary N) is 1. The van der Waals surface area contributed by atoms with Crippen LogP contribution in [0.5, 0.6) is 0 Å². The van der Waals surface area contributed by atoms with Crippen molar-refractivity contribution in [1.29, 1.82) is 0 Å². The Balaban J connectivity index is 1.36. The third kappa shape index (κ3) is 2.55. The molecule has 1 aromatic carbocycles. The van der Waals surface area contributed by atoms with Gasteiger partial charge in [0, 0.05) is 12.5 Å². The first kappa shape index (κ1) is 11.3. The van der Waals surface area contributed by atoms with E-state index in [1.165, 1.54) is 51.6 Å². The normalized spacial score (nSPS) is 23.4. The lowest BCUT2D eigenvalue weighted by atomic mass is 9.77. The van der Waals surface area contributed by atoms with Crippen molar-refractivity contribution in [3.8, 4) is 0 Å². The van der Waals surface area contributed by atoms with Gasteiger partial charge in [-0.2, -0.15) is 0 Å². The van der Waals surface area contributed by atoms with Gasteiger partial charge in [-0.25, -0.2) is 0 Å². The van der Waals surface area contributed by atoms with E-state index < -0.39 is 0 Å². The van der Waals surface area contributed by atoms with Crippen LogP contribution in [0, 0.1) is 5.92 Å². The SMILES string of the molecule is c1ccc2c(c1)CC2CNCCC1CCCC1. The van der Waals surface area contributed by atoms with E-state index in [4.69, 9.17) is 0 Å². The second kappa shape index (κ2) is 5.22. The number of fused-ring (bicyclic) bond motifs is 1. The Labute approximate surface area is 105 Å². The Bertz CT molecular complexity index is 366. The van der Waals surface area contributed by atoms with Crippen molar-refractivity contribution < 1.29 is 0 Å². The summed E-state index contributed by atoms with van der Waals surface area (Å²) in [6.07, 6.45) is 8.59. The van der Waals surface area contributed by atoms with Gasteiger partial charge in [0.05, 0.1) is 0 Å². The van der Waals surface area contributed by atoms with Crippen LogP contribution in [0.2, 0.25) is 0 Å². The summed E-state index contributed by atoms with van der Waals surface area (Å²) in [6, 6.07) is 8.89. The fourth-order valence-corrected chi connectivity index (χ4v) is 3.43. The topological polar surface area (TPSA) is 12.0 Å². The van der Waals surface area contributed by atoms with Crippen LogP contribution < -0.4 is 5.32 Å². The summed E-state index contributed by atoms with van der Waals surface area (Å²) in [5.74, 6) is 1.81. The zero-order valence-electron chi connectivity index (χ0n) is 10.6. The minimum Gasteiger partial charge on any atom is -0.316 e. The third-order valence-electron chi connectivity index (χ3n) is 4.56. The Kier molecular flexibility index (Phi) is 3.46. The molecule has 1 saturated carbocycles. The first-order valence-corrected chi connectivity index (χ1v) is 7.22. The fourth-order valence-electron chi connectivity index (χ4n) is 3.43. The van der Waals surface area contributed by atoms with Gasteiger partial charge in [0.2, 0.25) is 0 Å². The third-order valence-corrected chi connectivity index (χ3v) is 4.56. The highest BCUT2D eigenvalue weighted by Gasteiger charge is 2.24. The van der Waals surface area contributed by atoms with E-state index in [0.717, 1.165) is 11.8 Å². The van der Waals surface area contributed by atoms with Crippen LogP contribution in [0.15, 0.2) is 24.3 Å². The number of benzene rings is 1. The van der Waals surface area contributed by atoms with Crippen LogP contribution in [-0.4, -0.2) is 13.1 Å². The summed E-state index contributed by atoms with van der Waals surface area (Å²) in [4.78, 5) is 0. The molecule has 2 aliphatic rings. The fraction of sp³-hybridized carbons (Fsp3) is 0.625. The maximum absolute atomic E-state index is 3.66. The molecular weight excluding hydrogens is 206 g/mol. The average Bonchev–Trinajstić information content (AvgIpc) is 2.82. The summed E-state index contributed by atoms with van der Waals surface area (Å²) >= 11 is 0. The Morgan fingerprint density at radius 2 is 1.94 bits per heavy atom. The molecule has 1 N–H and O–H groups in total. The Hall–Kier alpha value is -0.820. The first-order chi connectivity index (χ1) is 8.43. The van der Waals surface area contributed by atoms with Gasteiger partial charge in [0.25, 0.3) is 0 Å². The van der Waals surface area contributed by atoms with E-state index in [1.54, 1.807) is 11.1 Å². The molecule has 0 aliphatic heterocycles. The van der Waals surface area contributed by atoms with Gasteiger partial charge < -0.3 is 5.32 Å².